The molecule has 0 aliphatic heterocycles. The predicted molar refractivity (Wildman–Crippen MR) is 166 cm³/mol. The molecule has 0 unspecified atom stereocenters. The van der Waals surface area contributed by atoms with Crippen LogP contribution in [0.5, 0.6) is 0 Å². The lowest BCUT2D eigenvalue weighted by Crippen LogP contribution is -2.52. The van der Waals surface area contributed by atoms with Gasteiger partial charge in [-0.05, 0) is 62.4 Å². The molecule has 2 atom stereocenters. The van der Waals surface area contributed by atoms with Crippen molar-refractivity contribution in [1.29, 1.82) is 0 Å². The number of anilines is 1. The quantitative estimate of drug-likeness (QED) is 0.265. The average Bonchev–Trinajstić information content (AvgIpc) is 2.95. The second-order valence-electron chi connectivity index (χ2n) is 10.9. The first-order chi connectivity index (χ1) is 19.9. The minimum absolute atomic E-state index is 0.0206. The number of aryl methyl sites for hydroxylation is 2. The molecule has 0 aliphatic rings. The Labute approximate surface area is 249 Å². The van der Waals surface area contributed by atoms with E-state index in [2.05, 4.69) is 5.32 Å². The SMILES string of the molecule is CC[C@H](C)NC(=O)[C@@H](Cc1ccccc1)N(Cc1ccccc1F)C(=O)CCCN(c1cc(C)ccc1C)S(C)(=O)=O. The van der Waals surface area contributed by atoms with E-state index in [9.17, 15) is 22.4 Å². The molecule has 226 valence electrons. The molecule has 3 aromatic rings. The van der Waals surface area contributed by atoms with Gasteiger partial charge in [-0.15, -0.1) is 0 Å². The van der Waals surface area contributed by atoms with E-state index < -0.39 is 21.9 Å². The number of carbonyl (C=O) groups is 2. The summed E-state index contributed by atoms with van der Waals surface area (Å²) < 4.78 is 41.6. The van der Waals surface area contributed by atoms with E-state index in [1.165, 1.54) is 15.3 Å². The summed E-state index contributed by atoms with van der Waals surface area (Å²) in [5, 5.41) is 3.00. The number of nitrogens with zero attached hydrogens (tertiary/aromatic N) is 2. The third-order valence-corrected chi connectivity index (χ3v) is 8.54. The summed E-state index contributed by atoms with van der Waals surface area (Å²) in [6.45, 7) is 7.59. The van der Waals surface area contributed by atoms with Gasteiger partial charge in [-0.1, -0.05) is 67.6 Å². The summed E-state index contributed by atoms with van der Waals surface area (Å²) in [5.74, 6) is -1.13. The lowest BCUT2D eigenvalue weighted by molar-refractivity contribution is -0.141. The van der Waals surface area contributed by atoms with E-state index in [0.717, 1.165) is 22.9 Å². The summed E-state index contributed by atoms with van der Waals surface area (Å²) in [6, 6.07) is 20.2. The minimum Gasteiger partial charge on any atom is -0.352 e. The van der Waals surface area contributed by atoms with Gasteiger partial charge in [0.15, 0.2) is 0 Å². The van der Waals surface area contributed by atoms with Crippen molar-refractivity contribution in [2.24, 2.45) is 0 Å². The van der Waals surface area contributed by atoms with E-state index in [-0.39, 0.29) is 50.2 Å². The molecule has 7 nitrogen and oxygen atoms in total. The Bertz CT molecular complexity index is 1460. The van der Waals surface area contributed by atoms with Gasteiger partial charge in [0, 0.05) is 37.5 Å². The number of nitrogens with one attached hydrogen (secondary N) is 1. The maximum atomic E-state index is 14.8. The Kier molecular flexibility index (Phi) is 11.7. The van der Waals surface area contributed by atoms with E-state index in [0.29, 0.717) is 17.7 Å². The largest absolute Gasteiger partial charge is 0.352 e. The smallest absolute Gasteiger partial charge is 0.243 e. The molecule has 3 aromatic carbocycles. The standard InChI is InChI=1S/C33H42FN3O4S/c1-6-26(4)35-33(39)31(22-27-13-8-7-9-14-27)36(23-28-15-10-11-16-29(28)34)32(38)17-12-20-37(42(5,40)41)30-21-24(2)18-19-25(30)3/h7-11,13-16,18-19,21,26,31H,6,12,17,20,22-23H2,1-5H3,(H,35,39)/t26-,31+/m0/s1. The van der Waals surface area contributed by atoms with Crippen LogP contribution in [0.25, 0.3) is 0 Å². The maximum absolute atomic E-state index is 14.8. The van der Waals surface area contributed by atoms with Crippen LogP contribution in [0.2, 0.25) is 0 Å². The average molecular weight is 596 g/mol. The van der Waals surface area contributed by atoms with Crippen molar-refractivity contribution in [2.45, 2.75) is 72.0 Å². The highest BCUT2D eigenvalue weighted by Crippen LogP contribution is 2.25. The van der Waals surface area contributed by atoms with Gasteiger partial charge in [0.1, 0.15) is 11.9 Å². The Hall–Kier alpha value is -3.72. The molecule has 2 amide bonds. The van der Waals surface area contributed by atoms with Crippen molar-refractivity contribution in [3.8, 4) is 0 Å². The summed E-state index contributed by atoms with van der Waals surface area (Å²) in [6.07, 6.45) is 2.31. The van der Waals surface area contributed by atoms with Crippen molar-refractivity contribution in [3.63, 3.8) is 0 Å². The molecule has 0 bridgehead atoms. The van der Waals surface area contributed by atoms with Crippen molar-refractivity contribution in [3.05, 3.63) is 101 Å². The van der Waals surface area contributed by atoms with E-state index in [4.69, 9.17) is 0 Å². The zero-order valence-electron chi connectivity index (χ0n) is 25.1. The molecule has 0 aliphatic carbocycles. The topological polar surface area (TPSA) is 86.8 Å². The predicted octanol–water partition coefficient (Wildman–Crippen LogP) is 5.54. The van der Waals surface area contributed by atoms with Gasteiger partial charge in [-0.3, -0.25) is 13.9 Å². The van der Waals surface area contributed by atoms with Crippen molar-refractivity contribution >= 4 is 27.5 Å². The highest BCUT2D eigenvalue weighted by molar-refractivity contribution is 7.92. The molecule has 42 heavy (non-hydrogen) atoms. The fraction of sp³-hybridized carbons (Fsp3) is 0.394. The van der Waals surface area contributed by atoms with Gasteiger partial charge < -0.3 is 10.2 Å². The van der Waals surface area contributed by atoms with Crippen molar-refractivity contribution < 1.29 is 22.4 Å². The van der Waals surface area contributed by atoms with Crippen LogP contribution in [0, 0.1) is 19.7 Å². The molecule has 1 N–H and O–H groups in total. The molecular weight excluding hydrogens is 553 g/mol. The van der Waals surface area contributed by atoms with Crippen LogP contribution >= 0.6 is 0 Å². The first kappa shape index (κ1) is 32.8. The van der Waals surface area contributed by atoms with Crippen LogP contribution < -0.4 is 9.62 Å². The molecular formula is C33H42FN3O4S. The van der Waals surface area contributed by atoms with Crippen LogP contribution in [-0.4, -0.2) is 50.0 Å². The van der Waals surface area contributed by atoms with Crippen LogP contribution in [0.4, 0.5) is 10.1 Å². The molecule has 0 heterocycles. The molecule has 0 spiro atoms. The van der Waals surface area contributed by atoms with Gasteiger partial charge in [-0.2, -0.15) is 0 Å². The number of halogens is 1. The normalized spacial score (nSPS) is 12.8. The lowest BCUT2D eigenvalue weighted by Gasteiger charge is -2.33. The van der Waals surface area contributed by atoms with E-state index in [1.54, 1.807) is 18.2 Å². The first-order valence-corrected chi connectivity index (χ1v) is 16.2. The summed E-state index contributed by atoms with van der Waals surface area (Å²) >= 11 is 0. The summed E-state index contributed by atoms with van der Waals surface area (Å²) in [7, 11) is -3.62. The number of carbonyl (C=O) groups excluding carboxylic acids is 2. The molecule has 0 saturated heterocycles. The maximum Gasteiger partial charge on any atom is 0.243 e. The third-order valence-electron chi connectivity index (χ3n) is 7.36. The molecule has 9 heteroatoms. The Balaban J connectivity index is 1.92. The molecule has 0 aromatic heterocycles. The van der Waals surface area contributed by atoms with E-state index >= 15 is 0 Å². The summed E-state index contributed by atoms with van der Waals surface area (Å²) in [4.78, 5) is 29.0. The van der Waals surface area contributed by atoms with Crippen LogP contribution in [0.15, 0.2) is 72.8 Å². The highest BCUT2D eigenvalue weighted by atomic mass is 32.2. The number of hydrogen-bond donors (Lipinski definition) is 1. The number of benzene rings is 3. The second-order valence-corrected chi connectivity index (χ2v) is 12.8. The summed E-state index contributed by atoms with van der Waals surface area (Å²) in [5.41, 5.74) is 3.47. The Morgan fingerprint density at radius 3 is 2.29 bits per heavy atom. The first-order valence-electron chi connectivity index (χ1n) is 14.3. The third kappa shape index (κ3) is 9.14. The molecule has 0 radical (unpaired) electrons. The highest BCUT2D eigenvalue weighted by Gasteiger charge is 2.31. The zero-order chi connectivity index (χ0) is 30.9. The number of sulfonamides is 1. The fourth-order valence-electron chi connectivity index (χ4n) is 4.78. The lowest BCUT2D eigenvalue weighted by atomic mass is 10.0. The second kappa shape index (κ2) is 15.0. The van der Waals surface area contributed by atoms with Gasteiger partial charge in [0.2, 0.25) is 21.8 Å². The Morgan fingerprint density at radius 1 is 0.976 bits per heavy atom. The van der Waals surface area contributed by atoms with Crippen LogP contribution in [0.3, 0.4) is 0 Å². The monoisotopic (exact) mass is 595 g/mol. The van der Waals surface area contributed by atoms with Gasteiger partial charge in [0.05, 0.1) is 11.9 Å². The van der Waals surface area contributed by atoms with Gasteiger partial charge in [-0.25, -0.2) is 12.8 Å². The van der Waals surface area contributed by atoms with Gasteiger partial charge >= 0.3 is 0 Å². The minimum atomic E-state index is -3.62. The van der Waals surface area contributed by atoms with E-state index in [1.807, 2.05) is 76.2 Å². The molecule has 3 rings (SSSR count). The molecule has 0 saturated carbocycles. The number of amides is 2. The number of rotatable bonds is 14. The van der Waals surface area contributed by atoms with Gasteiger partial charge in [0.25, 0.3) is 0 Å². The Morgan fingerprint density at radius 2 is 1.64 bits per heavy atom. The van der Waals surface area contributed by atoms with Crippen LogP contribution in [-0.2, 0) is 32.6 Å². The van der Waals surface area contributed by atoms with Crippen molar-refractivity contribution in [1.82, 2.24) is 10.2 Å². The van der Waals surface area contributed by atoms with Crippen molar-refractivity contribution in [2.75, 3.05) is 17.1 Å². The fourth-order valence-corrected chi connectivity index (χ4v) is 5.79. The zero-order valence-corrected chi connectivity index (χ0v) is 26.0. The van der Waals surface area contributed by atoms with Crippen LogP contribution in [0.1, 0.15) is 55.4 Å². The molecule has 0 fully saturated rings. The number of hydrogen-bond acceptors (Lipinski definition) is 4.